The van der Waals surface area contributed by atoms with E-state index in [0.29, 0.717) is 29.4 Å². The zero-order valence-electron chi connectivity index (χ0n) is 23.0. The van der Waals surface area contributed by atoms with Crippen molar-refractivity contribution in [3.05, 3.63) is 60.2 Å². The van der Waals surface area contributed by atoms with Crippen molar-refractivity contribution in [2.75, 3.05) is 6.54 Å². The maximum absolute atomic E-state index is 13.4. The third-order valence-electron chi connectivity index (χ3n) is 7.39. The summed E-state index contributed by atoms with van der Waals surface area (Å²) in [6.07, 6.45) is 21.5. The molecule has 0 radical (unpaired) electrons. The number of sulfonamides is 1. The average molecular weight is 525 g/mol. The fourth-order valence-electron chi connectivity index (χ4n) is 5.18. The molecule has 0 fully saturated rings. The molecule has 0 unspecified atom stereocenters. The van der Waals surface area contributed by atoms with Gasteiger partial charge in [0.25, 0.3) is 10.0 Å². The van der Waals surface area contributed by atoms with Crippen LogP contribution in [0.3, 0.4) is 0 Å². The lowest BCUT2D eigenvalue weighted by Crippen LogP contribution is -2.40. The van der Waals surface area contributed by atoms with Gasteiger partial charge in [0, 0.05) is 13.0 Å². The van der Waals surface area contributed by atoms with Crippen LogP contribution in [0.25, 0.3) is 0 Å². The first-order valence-corrected chi connectivity index (χ1v) is 16.3. The van der Waals surface area contributed by atoms with Crippen LogP contribution < -0.4 is 0 Å². The summed E-state index contributed by atoms with van der Waals surface area (Å²) in [7, 11) is -3.57. The first-order chi connectivity index (χ1) is 18.1. The normalized spacial score (nSPS) is 14.4. The van der Waals surface area contributed by atoms with Crippen LogP contribution >= 0.6 is 0 Å². The van der Waals surface area contributed by atoms with Crippen LogP contribution in [0.4, 0.5) is 5.69 Å². The Labute approximate surface area is 226 Å². The van der Waals surface area contributed by atoms with Crippen molar-refractivity contribution in [1.29, 1.82) is 0 Å². The van der Waals surface area contributed by atoms with Crippen molar-refractivity contribution >= 4 is 21.5 Å². The van der Waals surface area contributed by atoms with Crippen LogP contribution in [-0.4, -0.2) is 25.1 Å². The molecule has 1 aliphatic heterocycles. The van der Waals surface area contributed by atoms with E-state index in [4.69, 9.17) is 4.99 Å². The van der Waals surface area contributed by atoms with Gasteiger partial charge in [-0.25, -0.2) is 13.4 Å². The maximum atomic E-state index is 13.4. The van der Waals surface area contributed by atoms with Gasteiger partial charge in [-0.2, -0.15) is 0 Å². The molecule has 1 heterocycles. The van der Waals surface area contributed by atoms with Crippen LogP contribution in [0.15, 0.2) is 64.5 Å². The van der Waals surface area contributed by atoms with Gasteiger partial charge in [0.05, 0.1) is 5.69 Å². The minimum atomic E-state index is -3.57. The van der Waals surface area contributed by atoms with Crippen molar-refractivity contribution in [1.82, 2.24) is 4.31 Å². The Hall–Kier alpha value is -2.14. The molecule has 2 aromatic carbocycles. The summed E-state index contributed by atoms with van der Waals surface area (Å²) in [4.78, 5) is 5.10. The van der Waals surface area contributed by atoms with E-state index in [2.05, 4.69) is 6.92 Å². The second-order valence-corrected chi connectivity index (χ2v) is 12.4. The molecular weight excluding hydrogens is 476 g/mol. The number of hydrogen-bond acceptors (Lipinski definition) is 3. The summed E-state index contributed by atoms with van der Waals surface area (Å²) >= 11 is 0. The molecular formula is C32H48N2O2S. The molecule has 0 saturated heterocycles. The largest absolute Gasteiger partial charge is 0.267 e. The second-order valence-electron chi connectivity index (χ2n) is 10.5. The Kier molecular flexibility index (Phi) is 13.2. The molecule has 1 aliphatic rings. The van der Waals surface area contributed by atoms with Crippen LogP contribution in [0.1, 0.15) is 115 Å². The Bertz CT molecular complexity index is 1030. The summed E-state index contributed by atoms with van der Waals surface area (Å²) in [5, 5.41) is 0. The number of aliphatic imine (C=N–C) groups is 1. The smallest absolute Gasteiger partial charge is 0.253 e. The van der Waals surface area contributed by atoms with E-state index in [-0.39, 0.29) is 0 Å². The SMILES string of the molecule is CCCCCCCCCCCCCCCCCCN1C(Cc2ccccc2)=Nc2ccccc2S1(=O)=O. The van der Waals surface area contributed by atoms with Gasteiger partial charge in [-0.3, -0.25) is 4.31 Å². The van der Waals surface area contributed by atoms with Gasteiger partial charge >= 0.3 is 0 Å². The molecule has 0 bridgehead atoms. The summed E-state index contributed by atoms with van der Waals surface area (Å²) in [6.45, 7) is 2.78. The highest BCUT2D eigenvalue weighted by Crippen LogP contribution is 2.33. The lowest BCUT2D eigenvalue weighted by molar-refractivity contribution is 0.486. The molecule has 0 atom stereocenters. The number of nitrogens with zero attached hydrogens (tertiary/aromatic N) is 2. The minimum Gasteiger partial charge on any atom is -0.253 e. The third-order valence-corrected chi connectivity index (χ3v) is 9.27. The van der Waals surface area contributed by atoms with E-state index < -0.39 is 10.0 Å². The Morgan fingerprint density at radius 3 is 1.68 bits per heavy atom. The van der Waals surface area contributed by atoms with E-state index in [1.807, 2.05) is 36.4 Å². The molecule has 0 amide bonds. The quantitative estimate of drug-likeness (QED) is 0.172. The van der Waals surface area contributed by atoms with E-state index >= 15 is 0 Å². The summed E-state index contributed by atoms with van der Waals surface area (Å²) in [6, 6.07) is 17.1. The lowest BCUT2D eigenvalue weighted by atomic mass is 10.0. The highest BCUT2D eigenvalue weighted by atomic mass is 32.2. The number of amidine groups is 1. The molecule has 2 aromatic rings. The molecule has 0 aliphatic carbocycles. The molecule has 3 rings (SSSR count). The third kappa shape index (κ3) is 9.92. The molecule has 0 saturated carbocycles. The van der Waals surface area contributed by atoms with Crippen LogP contribution in [0, 0.1) is 0 Å². The number of hydrogen-bond donors (Lipinski definition) is 0. The summed E-state index contributed by atoms with van der Waals surface area (Å²) in [5.41, 5.74) is 1.63. The first-order valence-electron chi connectivity index (χ1n) is 14.9. The predicted molar refractivity (Wildman–Crippen MR) is 157 cm³/mol. The van der Waals surface area contributed by atoms with Crippen molar-refractivity contribution < 1.29 is 8.42 Å². The molecule has 204 valence electrons. The standard InChI is InChI=1S/C32H48N2O2S/c1-2-3-4-5-6-7-8-9-10-11-12-13-14-15-16-22-27-34-32(28-29-23-18-17-19-24-29)33-30-25-20-21-26-31(30)37(34,35)36/h17-21,23-26H,2-16,22,27-28H2,1H3. The summed E-state index contributed by atoms with van der Waals surface area (Å²) < 4.78 is 28.4. The lowest BCUT2D eigenvalue weighted by Gasteiger charge is -2.30. The van der Waals surface area contributed by atoms with Gasteiger partial charge in [0.15, 0.2) is 0 Å². The molecule has 4 nitrogen and oxygen atoms in total. The molecule has 0 aromatic heterocycles. The Morgan fingerprint density at radius 2 is 1.11 bits per heavy atom. The van der Waals surface area contributed by atoms with Crippen molar-refractivity contribution in [2.45, 2.75) is 121 Å². The average Bonchev–Trinajstić information content (AvgIpc) is 2.90. The fourth-order valence-corrected chi connectivity index (χ4v) is 6.80. The molecule has 37 heavy (non-hydrogen) atoms. The van der Waals surface area contributed by atoms with Gasteiger partial charge in [-0.1, -0.05) is 146 Å². The maximum Gasteiger partial charge on any atom is 0.267 e. The van der Waals surface area contributed by atoms with Gasteiger partial charge in [0.2, 0.25) is 0 Å². The number of para-hydroxylation sites is 1. The number of fused-ring (bicyclic) bond motifs is 1. The van der Waals surface area contributed by atoms with Crippen molar-refractivity contribution in [3.63, 3.8) is 0 Å². The Balaban J connectivity index is 1.33. The van der Waals surface area contributed by atoms with Gasteiger partial charge in [-0.15, -0.1) is 0 Å². The topological polar surface area (TPSA) is 49.7 Å². The predicted octanol–water partition coefficient (Wildman–Crippen LogP) is 9.23. The van der Waals surface area contributed by atoms with E-state index in [9.17, 15) is 8.42 Å². The number of rotatable bonds is 19. The zero-order valence-corrected chi connectivity index (χ0v) is 23.9. The number of unbranched alkanes of at least 4 members (excludes halogenated alkanes) is 15. The second kappa shape index (κ2) is 16.7. The molecule has 0 spiro atoms. The highest BCUT2D eigenvalue weighted by molar-refractivity contribution is 7.90. The monoisotopic (exact) mass is 524 g/mol. The van der Waals surface area contributed by atoms with Gasteiger partial charge in [0.1, 0.15) is 10.7 Å². The van der Waals surface area contributed by atoms with Crippen LogP contribution in [0.2, 0.25) is 0 Å². The fraction of sp³-hybridized carbons (Fsp3) is 0.594. The van der Waals surface area contributed by atoms with Gasteiger partial charge < -0.3 is 0 Å². The number of benzene rings is 2. The van der Waals surface area contributed by atoms with Crippen molar-refractivity contribution in [2.24, 2.45) is 4.99 Å². The van der Waals surface area contributed by atoms with E-state index in [1.54, 1.807) is 22.5 Å². The summed E-state index contributed by atoms with van der Waals surface area (Å²) in [5.74, 6) is 0.630. The highest BCUT2D eigenvalue weighted by Gasteiger charge is 2.33. The minimum absolute atomic E-state index is 0.323. The van der Waals surface area contributed by atoms with Crippen molar-refractivity contribution in [3.8, 4) is 0 Å². The Morgan fingerprint density at radius 1 is 0.622 bits per heavy atom. The molecule has 0 N–H and O–H groups in total. The van der Waals surface area contributed by atoms with E-state index in [0.717, 1.165) is 18.4 Å². The van der Waals surface area contributed by atoms with Crippen LogP contribution in [-0.2, 0) is 16.4 Å². The molecule has 5 heteroatoms. The van der Waals surface area contributed by atoms with Gasteiger partial charge in [-0.05, 0) is 24.1 Å². The first kappa shape index (κ1) is 29.4. The van der Waals surface area contributed by atoms with Crippen LogP contribution in [0.5, 0.6) is 0 Å². The zero-order chi connectivity index (χ0) is 26.2. The van der Waals surface area contributed by atoms with E-state index in [1.165, 1.54) is 89.9 Å².